The van der Waals surface area contributed by atoms with Crippen LogP contribution < -0.4 is 5.32 Å². The van der Waals surface area contributed by atoms with Crippen molar-refractivity contribution in [2.75, 3.05) is 19.6 Å². The highest BCUT2D eigenvalue weighted by Crippen LogP contribution is 2.10. The minimum atomic E-state index is 0.540. The molecule has 1 aromatic carbocycles. The standard InChI is InChI=1S/C19H25N5/c1-2-11-23-12-9-18(10-13-23)20-15-19-22-21-16-24(19)14-8-17-6-4-3-5-7-17/h1,3-7,16,18,20H,8-15H2. The van der Waals surface area contributed by atoms with Crippen molar-refractivity contribution in [1.29, 1.82) is 0 Å². The van der Waals surface area contributed by atoms with Crippen LogP contribution in [-0.4, -0.2) is 45.3 Å². The highest BCUT2D eigenvalue weighted by molar-refractivity contribution is 5.14. The fourth-order valence-corrected chi connectivity index (χ4v) is 3.16. The largest absolute Gasteiger partial charge is 0.316 e. The van der Waals surface area contributed by atoms with E-state index in [1.165, 1.54) is 5.56 Å². The lowest BCUT2D eigenvalue weighted by atomic mass is 10.1. The van der Waals surface area contributed by atoms with Crippen molar-refractivity contribution < 1.29 is 0 Å². The monoisotopic (exact) mass is 323 g/mol. The molecular weight excluding hydrogens is 298 g/mol. The van der Waals surface area contributed by atoms with Crippen molar-refractivity contribution in [2.45, 2.75) is 38.4 Å². The minimum absolute atomic E-state index is 0.540. The number of hydrogen-bond donors (Lipinski definition) is 1. The first-order chi connectivity index (χ1) is 11.8. The van der Waals surface area contributed by atoms with Crippen molar-refractivity contribution in [3.8, 4) is 12.3 Å². The van der Waals surface area contributed by atoms with E-state index in [1.54, 1.807) is 0 Å². The maximum absolute atomic E-state index is 5.38. The molecule has 1 N–H and O–H groups in total. The molecule has 2 aromatic rings. The molecule has 1 aliphatic rings. The molecule has 5 heteroatoms. The van der Waals surface area contributed by atoms with Gasteiger partial charge in [-0.25, -0.2) is 0 Å². The molecule has 1 aliphatic heterocycles. The predicted octanol–water partition coefficient (Wildman–Crippen LogP) is 1.71. The van der Waals surface area contributed by atoms with Crippen LogP contribution in [0.1, 0.15) is 24.2 Å². The highest BCUT2D eigenvalue weighted by atomic mass is 15.3. The van der Waals surface area contributed by atoms with Crippen LogP contribution in [0.3, 0.4) is 0 Å². The Morgan fingerprint density at radius 2 is 2.00 bits per heavy atom. The molecule has 0 aliphatic carbocycles. The number of nitrogens with one attached hydrogen (secondary N) is 1. The SMILES string of the molecule is C#CCN1CCC(NCc2nncn2CCc2ccccc2)CC1. The van der Waals surface area contributed by atoms with Gasteiger partial charge in [-0.1, -0.05) is 36.3 Å². The first kappa shape index (κ1) is 16.7. The fraction of sp³-hybridized carbons (Fsp3) is 0.474. The molecule has 1 saturated heterocycles. The predicted molar refractivity (Wildman–Crippen MR) is 95.3 cm³/mol. The Morgan fingerprint density at radius 3 is 2.75 bits per heavy atom. The second-order valence-electron chi connectivity index (χ2n) is 6.31. The Hall–Kier alpha value is -2.16. The van der Waals surface area contributed by atoms with Crippen molar-refractivity contribution in [1.82, 2.24) is 25.0 Å². The Labute approximate surface area is 144 Å². The summed E-state index contributed by atoms with van der Waals surface area (Å²) < 4.78 is 2.15. The van der Waals surface area contributed by atoms with Crippen LogP contribution in [0.25, 0.3) is 0 Å². The van der Waals surface area contributed by atoms with E-state index >= 15 is 0 Å². The van der Waals surface area contributed by atoms with Crippen LogP contribution in [0.5, 0.6) is 0 Å². The van der Waals surface area contributed by atoms with Crippen LogP contribution in [0, 0.1) is 12.3 Å². The van der Waals surface area contributed by atoms with E-state index in [2.05, 4.69) is 55.2 Å². The van der Waals surface area contributed by atoms with E-state index < -0.39 is 0 Å². The van der Waals surface area contributed by atoms with Gasteiger partial charge in [0.05, 0.1) is 13.1 Å². The number of benzene rings is 1. The molecule has 126 valence electrons. The summed E-state index contributed by atoms with van der Waals surface area (Å²) in [5.74, 6) is 3.74. The molecule has 1 aromatic heterocycles. The van der Waals surface area contributed by atoms with E-state index in [0.717, 1.165) is 57.8 Å². The van der Waals surface area contributed by atoms with Gasteiger partial charge in [0.1, 0.15) is 12.2 Å². The van der Waals surface area contributed by atoms with Gasteiger partial charge in [-0.3, -0.25) is 4.90 Å². The van der Waals surface area contributed by atoms with Crippen LogP contribution in [0.2, 0.25) is 0 Å². The molecular formula is C19H25N5. The Bertz CT molecular complexity index is 650. The number of likely N-dealkylation sites (tertiary alicyclic amines) is 1. The van der Waals surface area contributed by atoms with Gasteiger partial charge in [-0.2, -0.15) is 0 Å². The lowest BCUT2D eigenvalue weighted by molar-refractivity contribution is 0.216. The molecule has 0 saturated carbocycles. The molecule has 0 spiro atoms. The van der Waals surface area contributed by atoms with E-state index in [-0.39, 0.29) is 0 Å². The van der Waals surface area contributed by atoms with Crippen LogP contribution in [0.4, 0.5) is 0 Å². The molecule has 0 radical (unpaired) electrons. The normalized spacial score (nSPS) is 16.1. The summed E-state index contributed by atoms with van der Waals surface area (Å²) in [6.45, 7) is 4.59. The first-order valence-corrected chi connectivity index (χ1v) is 8.65. The molecule has 5 nitrogen and oxygen atoms in total. The van der Waals surface area contributed by atoms with Crippen LogP contribution >= 0.6 is 0 Å². The second kappa shape index (κ2) is 8.62. The molecule has 0 atom stereocenters. The maximum atomic E-state index is 5.38. The Morgan fingerprint density at radius 1 is 1.21 bits per heavy atom. The number of aryl methyl sites for hydroxylation is 2. The van der Waals surface area contributed by atoms with Gasteiger partial charge in [-0.15, -0.1) is 16.6 Å². The first-order valence-electron chi connectivity index (χ1n) is 8.65. The van der Waals surface area contributed by atoms with E-state index in [9.17, 15) is 0 Å². The van der Waals surface area contributed by atoms with E-state index in [0.29, 0.717) is 6.04 Å². The Kier molecular flexibility index (Phi) is 6.00. The molecule has 2 heterocycles. The van der Waals surface area contributed by atoms with Gasteiger partial charge in [0.15, 0.2) is 0 Å². The summed E-state index contributed by atoms with van der Waals surface area (Å²) >= 11 is 0. The van der Waals surface area contributed by atoms with Gasteiger partial charge < -0.3 is 9.88 Å². The summed E-state index contributed by atoms with van der Waals surface area (Å²) in [7, 11) is 0. The quantitative estimate of drug-likeness (QED) is 0.788. The fourth-order valence-electron chi connectivity index (χ4n) is 3.16. The lowest BCUT2D eigenvalue weighted by Crippen LogP contribution is -2.42. The molecule has 1 fully saturated rings. The number of nitrogens with zero attached hydrogens (tertiary/aromatic N) is 4. The van der Waals surface area contributed by atoms with Crippen LogP contribution in [0.15, 0.2) is 36.7 Å². The topological polar surface area (TPSA) is 46.0 Å². The summed E-state index contributed by atoms with van der Waals surface area (Å²) in [6, 6.07) is 11.1. The highest BCUT2D eigenvalue weighted by Gasteiger charge is 2.18. The van der Waals surface area contributed by atoms with Crippen molar-refractivity contribution in [3.63, 3.8) is 0 Å². The lowest BCUT2D eigenvalue weighted by Gasteiger charge is -2.31. The number of hydrogen-bond acceptors (Lipinski definition) is 4. The maximum Gasteiger partial charge on any atom is 0.146 e. The average Bonchev–Trinajstić information content (AvgIpc) is 3.08. The molecule has 3 rings (SSSR count). The van der Waals surface area contributed by atoms with Gasteiger partial charge >= 0.3 is 0 Å². The third kappa shape index (κ3) is 4.67. The number of terminal acetylenes is 1. The molecule has 0 bridgehead atoms. The van der Waals surface area contributed by atoms with Crippen LogP contribution in [-0.2, 0) is 19.5 Å². The summed E-state index contributed by atoms with van der Waals surface area (Å²) in [4.78, 5) is 2.33. The smallest absolute Gasteiger partial charge is 0.146 e. The van der Waals surface area contributed by atoms with Crippen molar-refractivity contribution in [2.24, 2.45) is 0 Å². The zero-order valence-electron chi connectivity index (χ0n) is 14.1. The van der Waals surface area contributed by atoms with E-state index in [1.807, 2.05) is 12.4 Å². The molecule has 24 heavy (non-hydrogen) atoms. The number of rotatable bonds is 7. The third-order valence-electron chi connectivity index (χ3n) is 4.63. The van der Waals surface area contributed by atoms with Gasteiger partial charge in [-0.05, 0) is 24.8 Å². The van der Waals surface area contributed by atoms with Gasteiger partial charge in [0, 0.05) is 25.7 Å². The number of piperidine rings is 1. The average molecular weight is 323 g/mol. The zero-order chi connectivity index (χ0) is 16.6. The Balaban J connectivity index is 1.45. The van der Waals surface area contributed by atoms with Gasteiger partial charge in [0.25, 0.3) is 0 Å². The van der Waals surface area contributed by atoms with Crippen molar-refractivity contribution >= 4 is 0 Å². The zero-order valence-corrected chi connectivity index (χ0v) is 14.1. The summed E-state index contributed by atoms with van der Waals surface area (Å²) in [5, 5.41) is 12.0. The van der Waals surface area contributed by atoms with Gasteiger partial charge in [0.2, 0.25) is 0 Å². The third-order valence-corrected chi connectivity index (χ3v) is 4.63. The van der Waals surface area contributed by atoms with Crippen molar-refractivity contribution in [3.05, 3.63) is 48.0 Å². The minimum Gasteiger partial charge on any atom is -0.316 e. The second-order valence-corrected chi connectivity index (χ2v) is 6.31. The molecule has 0 amide bonds. The van der Waals surface area contributed by atoms with E-state index in [4.69, 9.17) is 6.42 Å². The molecule has 0 unspecified atom stereocenters. The summed E-state index contributed by atoms with van der Waals surface area (Å²) in [6.07, 6.45) is 10.5. The number of aromatic nitrogens is 3. The summed E-state index contributed by atoms with van der Waals surface area (Å²) in [5.41, 5.74) is 1.34.